The first-order chi connectivity index (χ1) is 11.6. The molecule has 0 saturated heterocycles. The lowest BCUT2D eigenvalue weighted by molar-refractivity contribution is -0.660. The third kappa shape index (κ3) is 2.00. The Morgan fingerprint density at radius 2 is 1.79 bits per heavy atom. The minimum atomic E-state index is 0.648. The fourth-order valence-electron chi connectivity index (χ4n) is 3.36. The SMILES string of the molecule is [C-]#[N+]c1cc(C)c2oc3c(-c4cccc[n+]4C)c(C)ccc3c2c1. The van der Waals surface area contributed by atoms with Crippen LogP contribution in [0.2, 0.25) is 0 Å². The van der Waals surface area contributed by atoms with E-state index in [1.807, 2.05) is 44.4 Å². The van der Waals surface area contributed by atoms with Crippen LogP contribution < -0.4 is 4.57 Å². The maximum atomic E-state index is 7.31. The molecule has 0 amide bonds. The van der Waals surface area contributed by atoms with Gasteiger partial charge in [-0.15, -0.1) is 0 Å². The zero-order valence-electron chi connectivity index (χ0n) is 13.9. The van der Waals surface area contributed by atoms with Crippen molar-refractivity contribution in [1.82, 2.24) is 0 Å². The Kier molecular flexibility index (Phi) is 3.14. The van der Waals surface area contributed by atoms with Crippen molar-refractivity contribution in [3.63, 3.8) is 0 Å². The quantitative estimate of drug-likeness (QED) is 0.347. The molecular formula is C21H17N2O+. The lowest BCUT2D eigenvalue weighted by Gasteiger charge is -2.04. The molecule has 0 bridgehead atoms. The van der Waals surface area contributed by atoms with Crippen LogP contribution in [0, 0.1) is 20.4 Å². The molecule has 24 heavy (non-hydrogen) atoms. The van der Waals surface area contributed by atoms with Gasteiger partial charge < -0.3 is 4.42 Å². The van der Waals surface area contributed by atoms with Crippen LogP contribution in [0.1, 0.15) is 11.1 Å². The zero-order valence-corrected chi connectivity index (χ0v) is 13.9. The summed E-state index contributed by atoms with van der Waals surface area (Å²) in [7, 11) is 2.04. The van der Waals surface area contributed by atoms with Crippen LogP contribution in [0.25, 0.3) is 38.0 Å². The van der Waals surface area contributed by atoms with Gasteiger partial charge in [0.05, 0.1) is 12.1 Å². The normalized spacial score (nSPS) is 11.1. The minimum absolute atomic E-state index is 0.648. The molecule has 0 unspecified atom stereocenters. The van der Waals surface area contributed by atoms with Gasteiger partial charge in [0.15, 0.2) is 11.9 Å². The van der Waals surface area contributed by atoms with E-state index < -0.39 is 0 Å². The number of benzene rings is 2. The third-order valence-electron chi connectivity index (χ3n) is 4.56. The molecule has 4 aromatic rings. The van der Waals surface area contributed by atoms with E-state index in [2.05, 4.69) is 34.5 Å². The number of furan rings is 1. The Morgan fingerprint density at radius 1 is 0.958 bits per heavy atom. The van der Waals surface area contributed by atoms with Crippen LogP contribution in [0.4, 0.5) is 5.69 Å². The summed E-state index contributed by atoms with van der Waals surface area (Å²) in [5.41, 5.74) is 6.79. The van der Waals surface area contributed by atoms with E-state index in [4.69, 9.17) is 11.0 Å². The van der Waals surface area contributed by atoms with Gasteiger partial charge in [0.25, 0.3) is 0 Å². The number of nitrogens with zero attached hydrogens (tertiary/aromatic N) is 2. The van der Waals surface area contributed by atoms with Gasteiger partial charge in [-0.3, -0.25) is 0 Å². The van der Waals surface area contributed by atoms with Gasteiger partial charge in [-0.25, -0.2) is 9.41 Å². The second kappa shape index (κ2) is 5.21. The van der Waals surface area contributed by atoms with Crippen LogP contribution >= 0.6 is 0 Å². The summed E-state index contributed by atoms with van der Waals surface area (Å²) in [5, 5.41) is 2.07. The topological polar surface area (TPSA) is 21.4 Å². The summed E-state index contributed by atoms with van der Waals surface area (Å²) >= 11 is 0. The molecule has 3 heteroatoms. The van der Waals surface area contributed by atoms with Gasteiger partial charge in [0, 0.05) is 22.9 Å². The standard InChI is InChI=1S/C21H17N2O/c1-13-8-9-16-17-12-15(22-3)11-14(2)20(17)24-21(16)19(13)18-7-5-6-10-23(18)4/h5-12H,1-2,4H3/q+1. The first-order valence-corrected chi connectivity index (χ1v) is 7.89. The van der Waals surface area contributed by atoms with Crippen molar-refractivity contribution >= 4 is 27.6 Å². The number of aryl methyl sites for hydroxylation is 3. The van der Waals surface area contributed by atoms with E-state index in [9.17, 15) is 0 Å². The van der Waals surface area contributed by atoms with Gasteiger partial charge in [-0.1, -0.05) is 12.1 Å². The van der Waals surface area contributed by atoms with Gasteiger partial charge >= 0.3 is 0 Å². The lowest BCUT2D eigenvalue weighted by Crippen LogP contribution is -2.30. The molecule has 0 aliphatic rings. The van der Waals surface area contributed by atoms with Crippen molar-refractivity contribution < 1.29 is 8.98 Å². The molecule has 0 radical (unpaired) electrons. The molecule has 0 aliphatic heterocycles. The molecule has 3 nitrogen and oxygen atoms in total. The molecule has 0 N–H and O–H groups in total. The number of fused-ring (bicyclic) bond motifs is 3. The average Bonchev–Trinajstić information content (AvgIpc) is 2.95. The summed E-state index contributed by atoms with van der Waals surface area (Å²) in [6, 6.07) is 14.2. The molecule has 0 spiro atoms. The van der Waals surface area contributed by atoms with E-state index in [1.165, 1.54) is 5.56 Å². The highest BCUT2D eigenvalue weighted by molar-refractivity contribution is 6.11. The van der Waals surface area contributed by atoms with Gasteiger partial charge in [0.2, 0.25) is 5.69 Å². The Hall–Kier alpha value is -3.12. The maximum Gasteiger partial charge on any atom is 0.216 e. The first-order valence-electron chi connectivity index (χ1n) is 7.89. The Bertz CT molecular complexity index is 1150. The van der Waals surface area contributed by atoms with Crippen LogP contribution in [0.5, 0.6) is 0 Å². The Morgan fingerprint density at radius 3 is 2.54 bits per heavy atom. The molecule has 0 atom stereocenters. The molecule has 2 aromatic heterocycles. The largest absolute Gasteiger partial charge is 0.455 e. The van der Waals surface area contributed by atoms with E-state index in [0.717, 1.165) is 38.8 Å². The molecule has 4 rings (SSSR count). The predicted molar refractivity (Wildman–Crippen MR) is 96.1 cm³/mol. The Labute approximate surface area is 140 Å². The minimum Gasteiger partial charge on any atom is -0.455 e. The molecule has 0 aliphatic carbocycles. The fourth-order valence-corrected chi connectivity index (χ4v) is 3.36. The lowest BCUT2D eigenvalue weighted by atomic mass is 10.00. The van der Waals surface area contributed by atoms with Gasteiger partial charge in [-0.2, -0.15) is 0 Å². The summed E-state index contributed by atoms with van der Waals surface area (Å²) in [6.45, 7) is 11.4. The van der Waals surface area contributed by atoms with Crippen molar-refractivity contribution in [2.45, 2.75) is 13.8 Å². The van der Waals surface area contributed by atoms with Crippen molar-refractivity contribution in [3.8, 4) is 11.3 Å². The first kappa shape index (κ1) is 14.5. The summed E-state index contributed by atoms with van der Waals surface area (Å²) in [5.74, 6) is 0. The molecule has 2 aromatic carbocycles. The van der Waals surface area contributed by atoms with Crippen molar-refractivity contribution in [2.75, 3.05) is 0 Å². The van der Waals surface area contributed by atoms with E-state index in [1.54, 1.807) is 0 Å². The second-order valence-corrected chi connectivity index (χ2v) is 6.18. The Balaban J connectivity index is 2.18. The van der Waals surface area contributed by atoms with E-state index in [-0.39, 0.29) is 0 Å². The molecule has 116 valence electrons. The van der Waals surface area contributed by atoms with Gasteiger partial charge in [0.1, 0.15) is 18.2 Å². The summed E-state index contributed by atoms with van der Waals surface area (Å²) < 4.78 is 8.39. The summed E-state index contributed by atoms with van der Waals surface area (Å²) in [4.78, 5) is 3.58. The molecule has 0 fully saturated rings. The fraction of sp³-hybridized carbons (Fsp3) is 0.143. The average molecular weight is 313 g/mol. The number of hydrogen-bond acceptors (Lipinski definition) is 1. The maximum absolute atomic E-state index is 7.31. The van der Waals surface area contributed by atoms with Crippen molar-refractivity contribution in [3.05, 3.63) is 71.2 Å². The summed E-state index contributed by atoms with van der Waals surface area (Å²) in [6.07, 6.45) is 2.04. The van der Waals surface area contributed by atoms with Crippen LogP contribution in [0.15, 0.2) is 53.1 Å². The second-order valence-electron chi connectivity index (χ2n) is 6.18. The van der Waals surface area contributed by atoms with Crippen LogP contribution in [-0.2, 0) is 7.05 Å². The van der Waals surface area contributed by atoms with Crippen molar-refractivity contribution in [2.24, 2.45) is 7.05 Å². The number of hydrogen-bond donors (Lipinski definition) is 0. The highest BCUT2D eigenvalue weighted by atomic mass is 16.3. The molecule has 2 heterocycles. The molecular weight excluding hydrogens is 296 g/mol. The van der Waals surface area contributed by atoms with Crippen LogP contribution in [-0.4, -0.2) is 0 Å². The zero-order chi connectivity index (χ0) is 16.8. The third-order valence-corrected chi connectivity index (χ3v) is 4.56. The van der Waals surface area contributed by atoms with Crippen molar-refractivity contribution in [1.29, 1.82) is 0 Å². The number of pyridine rings is 1. The highest BCUT2D eigenvalue weighted by Crippen LogP contribution is 2.39. The predicted octanol–water partition coefficient (Wildman–Crippen LogP) is 5.25. The van der Waals surface area contributed by atoms with E-state index in [0.29, 0.717) is 5.69 Å². The number of aromatic nitrogens is 1. The monoisotopic (exact) mass is 313 g/mol. The highest BCUT2D eigenvalue weighted by Gasteiger charge is 2.20. The van der Waals surface area contributed by atoms with E-state index >= 15 is 0 Å². The smallest absolute Gasteiger partial charge is 0.216 e. The molecule has 0 saturated carbocycles. The van der Waals surface area contributed by atoms with Crippen LogP contribution in [0.3, 0.4) is 0 Å². The number of rotatable bonds is 1. The van der Waals surface area contributed by atoms with Gasteiger partial charge in [-0.05, 0) is 43.2 Å².